The van der Waals surface area contributed by atoms with Crippen molar-refractivity contribution in [2.45, 2.75) is 51.2 Å². The summed E-state index contributed by atoms with van der Waals surface area (Å²) in [6, 6.07) is 0. The zero-order chi connectivity index (χ0) is 19.6. The maximum atomic E-state index is 12.9. The van der Waals surface area contributed by atoms with Crippen molar-refractivity contribution in [3.63, 3.8) is 0 Å². The highest BCUT2D eigenvalue weighted by atomic mass is 16.5. The predicted molar refractivity (Wildman–Crippen MR) is 106 cm³/mol. The van der Waals surface area contributed by atoms with E-state index < -0.39 is 0 Å². The van der Waals surface area contributed by atoms with Gasteiger partial charge in [-0.2, -0.15) is 5.10 Å². The average molecular weight is 394 g/mol. The number of methoxy groups -OCH3 is 1. The molecule has 3 rings (SSSR count). The van der Waals surface area contributed by atoms with E-state index in [2.05, 4.69) is 19.9 Å². The molecule has 8 nitrogen and oxygen atoms in total. The summed E-state index contributed by atoms with van der Waals surface area (Å²) < 4.78 is 12.8. The molecule has 2 saturated heterocycles. The van der Waals surface area contributed by atoms with Gasteiger partial charge in [-0.05, 0) is 51.1 Å². The molecule has 2 fully saturated rings. The largest absolute Gasteiger partial charge is 0.383 e. The van der Waals surface area contributed by atoms with Gasteiger partial charge in [-0.25, -0.2) is 4.98 Å². The third-order valence-corrected chi connectivity index (χ3v) is 5.84. The van der Waals surface area contributed by atoms with Gasteiger partial charge in [-0.3, -0.25) is 9.48 Å². The van der Waals surface area contributed by atoms with Crippen LogP contribution in [0.5, 0.6) is 0 Å². The van der Waals surface area contributed by atoms with E-state index in [4.69, 9.17) is 9.47 Å². The van der Waals surface area contributed by atoms with Gasteiger partial charge in [0.15, 0.2) is 0 Å². The molecule has 1 atom stereocenters. The summed E-state index contributed by atoms with van der Waals surface area (Å²) in [6.07, 6.45) is 9.27. The van der Waals surface area contributed by atoms with Crippen LogP contribution < -0.4 is 0 Å². The van der Waals surface area contributed by atoms with Crippen molar-refractivity contribution in [2.75, 3.05) is 53.0 Å². The number of aromatic nitrogens is 3. The molecule has 1 amide bonds. The summed E-state index contributed by atoms with van der Waals surface area (Å²) >= 11 is 0. The van der Waals surface area contributed by atoms with Gasteiger partial charge in [-0.1, -0.05) is 0 Å². The first-order valence-corrected chi connectivity index (χ1v) is 10.7. The smallest absolute Gasteiger partial charge is 0.222 e. The molecule has 1 aromatic heterocycles. The fraction of sp³-hybridized carbons (Fsp3) is 0.850. The van der Waals surface area contributed by atoms with Gasteiger partial charge in [0, 0.05) is 46.3 Å². The number of likely N-dealkylation sites (tertiary alicyclic amines) is 1. The van der Waals surface area contributed by atoms with Crippen LogP contribution in [0.4, 0.5) is 0 Å². The summed E-state index contributed by atoms with van der Waals surface area (Å²) in [4.78, 5) is 21.4. The Bertz CT molecular complexity index is 554. The molecule has 0 aromatic carbocycles. The molecule has 2 aliphatic rings. The van der Waals surface area contributed by atoms with Crippen LogP contribution in [0.25, 0.3) is 0 Å². The first kappa shape index (κ1) is 21.2. The third kappa shape index (κ3) is 6.83. The standard InChI is InChI=1S/C20H35N5O3/c1-27-13-11-23-9-6-18(7-10-23)14-24(15-19-4-3-12-28-19)20(26)5-2-8-25-17-21-16-22-25/h16-19H,2-15H2,1H3. The van der Waals surface area contributed by atoms with Gasteiger partial charge >= 0.3 is 0 Å². The van der Waals surface area contributed by atoms with Gasteiger partial charge in [-0.15, -0.1) is 0 Å². The minimum atomic E-state index is 0.209. The Balaban J connectivity index is 1.46. The summed E-state index contributed by atoms with van der Waals surface area (Å²) in [5, 5.41) is 4.11. The zero-order valence-corrected chi connectivity index (χ0v) is 17.2. The lowest BCUT2D eigenvalue weighted by molar-refractivity contribution is -0.134. The predicted octanol–water partition coefficient (Wildman–Crippen LogP) is 1.42. The molecule has 3 heterocycles. The SMILES string of the molecule is COCCN1CCC(CN(CC2CCCO2)C(=O)CCCn2cncn2)CC1. The summed E-state index contributed by atoms with van der Waals surface area (Å²) in [5.74, 6) is 0.830. The molecule has 2 aliphatic heterocycles. The Morgan fingerprint density at radius 2 is 2.11 bits per heavy atom. The van der Waals surface area contributed by atoms with Crippen LogP contribution in [-0.2, 0) is 20.8 Å². The number of nitrogens with zero attached hydrogens (tertiary/aromatic N) is 5. The van der Waals surface area contributed by atoms with E-state index in [9.17, 15) is 4.79 Å². The molecule has 28 heavy (non-hydrogen) atoms. The van der Waals surface area contributed by atoms with E-state index >= 15 is 0 Å². The van der Waals surface area contributed by atoms with Gasteiger partial charge in [0.05, 0.1) is 12.7 Å². The van der Waals surface area contributed by atoms with Crippen LogP contribution in [0.2, 0.25) is 0 Å². The highest BCUT2D eigenvalue weighted by Crippen LogP contribution is 2.21. The Morgan fingerprint density at radius 3 is 2.79 bits per heavy atom. The number of piperidine rings is 1. The summed E-state index contributed by atoms with van der Waals surface area (Å²) in [5.41, 5.74) is 0. The molecule has 0 bridgehead atoms. The van der Waals surface area contributed by atoms with E-state index in [0.29, 0.717) is 12.3 Å². The van der Waals surface area contributed by atoms with Crippen LogP contribution in [0, 0.1) is 5.92 Å². The van der Waals surface area contributed by atoms with Crippen molar-refractivity contribution in [3.05, 3.63) is 12.7 Å². The van der Waals surface area contributed by atoms with Crippen molar-refractivity contribution < 1.29 is 14.3 Å². The maximum absolute atomic E-state index is 12.9. The van der Waals surface area contributed by atoms with Gasteiger partial charge in [0.25, 0.3) is 0 Å². The number of ether oxygens (including phenoxy) is 2. The number of carbonyl (C=O) groups is 1. The second-order valence-corrected chi connectivity index (χ2v) is 7.97. The van der Waals surface area contributed by atoms with Crippen LogP contribution in [-0.4, -0.2) is 89.6 Å². The highest BCUT2D eigenvalue weighted by molar-refractivity contribution is 5.76. The normalized spacial score (nSPS) is 21.2. The molecular weight excluding hydrogens is 358 g/mol. The van der Waals surface area contributed by atoms with Crippen LogP contribution >= 0.6 is 0 Å². The molecule has 1 unspecified atom stereocenters. The van der Waals surface area contributed by atoms with E-state index in [1.54, 1.807) is 18.1 Å². The lowest BCUT2D eigenvalue weighted by Crippen LogP contribution is -2.44. The van der Waals surface area contributed by atoms with Crippen molar-refractivity contribution in [1.82, 2.24) is 24.6 Å². The first-order valence-electron chi connectivity index (χ1n) is 10.7. The van der Waals surface area contributed by atoms with Gasteiger partial charge < -0.3 is 19.3 Å². The molecule has 0 N–H and O–H groups in total. The number of hydrogen-bond donors (Lipinski definition) is 0. The van der Waals surface area contributed by atoms with Crippen molar-refractivity contribution >= 4 is 5.91 Å². The number of rotatable bonds is 11. The molecule has 8 heteroatoms. The van der Waals surface area contributed by atoms with Gasteiger partial charge in [0.1, 0.15) is 12.7 Å². The van der Waals surface area contributed by atoms with Gasteiger partial charge in [0.2, 0.25) is 5.91 Å². The topological polar surface area (TPSA) is 72.7 Å². The van der Waals surface area contributed by atoms with E-state index in [-0.39, 0.29) is 12.0 Å². The number of carbonyl (C=O) groups excluding carboxylic acids is 1. The second-order valence-electron chi connectivity index (χ2n) is 7.97. The van der Waals surface area contributed by atoms with E-state index in [1.807, 2.05) is 0 Å². The molecule has 0 aliphatic carbocycles. The van der Waals surface area contributed by atoms with Crippen molar-refractivity contribution in [2.24, 2.45) is 5.92 Å². The average Bonchev–Trinajstić information content (AvgIpc) is 3.41. The Morgan fingerprint density at radius 1 is 1.25 bits per heavy atom. The van der Waals surface area contributed by atoms with Crippen molar-refractivity contribution in [1.29, 1.82) is 0 Å². The minimum Gasteiger partial charge on any atom is -0.383 e. The number of aryl methyl sites for hydroxylation is 1. The molecule has 0 saturated carbocycles. The van der Waals surface area contributed by atoms with Crippen molar-refractivity contribution in [3.8, 4) is 0 Å². The molecule has 0 spiro atoms. The Kier molecular flexibility index (Phi) is 8.70. The second kappa shape index (κ2) is 11.5. The molecular formula is C20H35N5O3. The van der Waals surface area contributed by atoms with E-state index in [0.717, 1.165) is 84.6 Å². The van der Waals surface area contributed by atoms with Crippen LogP contribution in [0.15, 0.2) is 12.7 Å². The fourth-order valence-corrected chi connectivity index (χ4v) is 4.14. The summed E-state index contributed by atoms with van der Waals surface area (Å²) in [7, 11) is 1.75. The fourth-order valence-electron chi connectivity index (χ4n) is 4.14. The molecule has 158 valence electrons. The lowest BCUT2D eigenvalue weighted by Gasteiger charge is -2.35. The molecule has 1 aromatic rings. The first-order chi connectivity index (χ1) is 13.7. The monoisotopic (exact) mass is 393 g/mol. The lowest BCUT2D eigenvalue weighted by atomic mass is 9.95. The third-order valence-electron chi connectivity index (χ3n) is 5.84. The molecule has 0 radical (unpaired) electrons. The van der Waals surface area contributed by atoms with Crippen LogP contribution in [0.3, 0.4) is 0 Å². The Labute approximate surface area is 168 Å². The highest BCUT2D eigenvalue weighted by Gasteiger charge is 2.27. The van der Waals surface area contributed by atoms with E-state index in [1.165, 1.54) is 6.33 Å². The minimum absolute atomic E-state index is 0.209. The maximum Gasteiger partial charge on any atom is 0.222 e. The number of hydrogen-bond acceptors (Lipinski definition) is 6. The number of amides is 1. The quantitative estimate of drug-likeness (QED) is 0.566. The zero-order valence-electron chi connectivity index (χ0n) is 17.2. The van der Waals surface area contributed by atoms with Crippen LogP contribution in [0.1, 0.15) is 38.5 Å². The Hall–Kier alpha value is -1.51. The summed E-state index contributed by atoms with van der Waals surface area (Å²) in [6.45, 7) is 7.16.